The van der Waals surface area contributed by atoms with E-state index in [4.69, 9.17) is 19.9 Å². The zero-order chi connectivity index (χ0) is 27.6. The van der Waals surface area contributed by atoms with Crippen molar-refractivity contribution in [3.8, 4) is 11.5 Å². The molecule has 3 aromatic carbocycles. The van der Waals surface area contributed by atoms with Gasteiger partial charge in [-0.1, -0.05) is 55.5 Å². The SMILES string of the molecule is CC[C@H](CCC(=O)C[C@@H](COCc1ccccc1)C(=O)OC)n1c(N)nc2ccc(Oc3ccccc3)cc21. The van der Waals surface area contributed by atoms with Gasteiger partial charge in [0.05, 0.1) is 37.3 Å². The zero-order valence-electron chi connectivity index (χ0n) is 22.4. The van der Waals surface area contributed by atoms with Crippen LogP contribution < -0.4 is 10.5 Å². The van der Waals surface area contributed by atoms with Crippen LogP contribution in [0, 0.1) is 5.92 Å². The number of nitrogens with two attached hydrogens (primary N) is 1. The summed E-state index contributed by atoms with van der Waals surface area (Å²) in [6.45, 7) is 2.54. The molecule has 2 atom stereocenters. The lowest BCUT2D eigenvalue weighted by molar-refractivity contribution is -0.149. The molecule has 1 heterocycles. The predicted octanol–water partition coefficient (Wildman–Crippen LogP) is 6.11. The summed E-state index contributed by atoms with van der Waals surface area (Å²) in [7, 11) is 1.33. The number of carbonyl (C=O) groups excluding carboxylic acids is 2. The first-order valence-corrected chi connectivity index (χ1v) is 13.2. The highest BCUT2D eigenvalue weighted by molar-refractivity contribution is 5.84. The normalized spacial score (nSPS) is 12.7. The number of anilines is 1. The topological polar surface area (TPSA) is 106 Å². The van der Waals surface area contributed by atoms with E-state index in [1.807, 2.05) is 83.4 Å². The van der Waals surface area contributed by atoms with Gasteiger partial charge in [-0.25, -0.2) is 4.98 Å². The van der Waals surface area contributed by atoms with Gasteiger partial charge in [-0.2, -0.15) is 0 Å². The molecule has 4 rings (SSSR count). The molecule has 0 fully saturated rings. The number of rotatable bonds is 14. The van der Waals surface area contributed by atoms with Crippen LogP contribution in [0.3, 0.4) is 0 Å². The van der Waals surface area contributed by atoms with Gasteiger partial charge in [-0.05, 0) is 42.7 Å². The van der Waals surface area contributed by atoms with Crippen LogP contribution in [0.5, 0.6) is 11.5 Å². The molecule has 0 amide bonds. The van der Waals surface area contributed by atoms with E-state index in [2.05, 4.69) is 11.9 Å². The second kappa shape index (κ2) is 13.6. The van der Waals surface area contributed by atoms with E-state index in [0.29, 0.717) is 31.1 Å². The molecule has 39 heavy (non-hydrogen) atoms. The number of para-hydroxylation sites is 1. The van der Waals surface area contributed by atoms with Gasteiger partial charge in [0.2, 0.25) is 5.95 Å². The lowest BCUT2D eigenvalue weighted by atomic mass is 9.98. The number of aromatic nitrogens is 2. The van der Waals surface area contributed by atoms with Gasteiger partial charge in [0.1, 0.15) is 17.3 Å². The Morgan fingerprint density at radius 2 is 1.69 bits per heavy atom. The molecule has 8 heteroatoms. The summed E-state index contributed by atoms with van der Waals surface area (Å²) in [5, 5.41) is 0. The van der Waals surface area contributed by atoms with Crippen LogP contribution in [-0.4, -0.2) is 35.0 Å². The van der Waals surface area contributed by atoms with Gasteiger partial charge in [-0.3, -0.25) is 9.59 Å². The summed E-state index contributed by atoms with van der Waals surface area (Å²) in [5.41, 5.74) is 8.94. The van der Waals surface area contributed by atoms with Crippen molar-refractivity contribution in [3.63, 3.8) is 0 Å². The average molecular weight is 530 g/mol. The van der Waals surface area contributed by atoms with Crippen molar-refractivity contribution in [1.82, 2.24) is 9.55 Å². The van der Waals surface area contributed by atoms with Gasteiger partial charge < -0.3 is 24.5 Å². The van der Waals surface area contributed by atoms with Crippen molar-refractivity contribution in [2.75, 3.05) is 19.5 Å². The Morgan fingerprint density at radius 3 is 2.38 bits per heavy atom. The molecule has 0 unspecified atom stereocenters. The number of fused-ring (bicyclic) bond motifs is 1. The minimum atomic E-state index is -0.650. The maximum Gasteiger partial charge on any atom is 0.311 e. The van der Waals surface area contributed by atoms with Crippen molar-refractivity contribution < 1.29 is 23.8 Å². The van der Waals surface area contributed by atoms with Crippen LogP contribution >= 0.6 is 0 Å². The molecule has 204 valence electrons. The number of esters is 1. The molecule has 8 nitrogen and oxygen atoms in total. The standard InChI is InChI=1S/C31H35N3O5/c1-3-24(14-15-25(35)18-23(30(36)37-2)21-38-20-22-10-6-4-7-11-22)34-29-19-27(16-17-28(29)33-31(34)32)39-26-12-8-5-9-13-26/h4-13,16-17,19,23-24H,3,14-15,18,20-21H2,1-2H3,(H2,32,33)/t23-,24+/m0/s1. The number of benzene rings is 3. The second-order valence-corrected chi connectivity index (χ2v) is 9.47. The van der Waals surface area contributed by atoms with Crippen LogP contribution in [-0.2, 0) is 25.7 Å². The molecule has 0 radical (unpaired) electrons. The fourth-order valence-electron chi connectivity index (χ4n) is 4.65. The van der Waals surface area contributed by atoms with Crippen LogP contribution in [0.4, 0.5) is 5.95 Å². The van der Waals surface area contributed by atoms with Crippen molar-refractivity contribution in [3.05, 3.63) is 84.4 Å². The van der Waals surface area contributed by atoms with Crippen LogP contribution in [0.15, 0.2) is 78.9 Å². The Morgan fingerprint density at radius 1 is 0.974 bits per heavy atom. The zero-order valence-corrected chi connectivity index (χ0v) is 22.4. The third-order valence-corrected chi connectivity index (χ3v) is 6.70. The van der Waals surface area contributed by atoms with Crippen LogP contribution in [0.2, 0.25) is 0 Å². The lowest BCUT2D eigenvalue weighted by Gasteiger charge is -2.20. The summed E-state index contributed by atoms with van der Waals surface area (Å²) < 4.78 is 18.6. The van der Waals surface area contributed by atoms with E-state index in [-0.39, 0.29) is 24.9 Å². The number of ketones is 1. The molecule has 0 saturated heterocycles. The Labute approximate surface area is 228 Å². The number of nitrogen functional groups attached to an aromatic ring is 1. The molecule has 0 spiro atoms. The highest BCUT2D eigenvalue weighted by atomic mass is 16.5. The minimum absolute atomic E-state index is 0.0248. The summed E-state index contributed by atoms with van der Waals surface area (Å²) in [6, 6.07) is 24.9. The van der Waals surface area contributed by atoms with Crippen molar-refractivity contribution in [1.29, 1.82) is 0 Å². The highest BCUT2D eigenvalue weighted by Crippen LogP contribution is 2.32. The second-order valence-electron chi connectivity index (χ2n) is 9.47. The lowest BCUT2D eigenvalue weighted by Crippen LogP contribution is -2.25. The summed E-state index contributed by atoms with van der Waals surface area (Å²) in [5.74, 6) is 0.687. The maximum atomic E-state index is 13.0. The van der Waals surface area contributed by atoms with Crippen LogP contribution in [0.1, 0.15) is 44.2 Å². The number of imidazole rings is 1. The Kier molecular flexibility index (Phi) is 9.69. The number of carbonyl (C=O) groups is 2. The van der Waals surface area contributed by atoms with Crippen LogP contribution in [0.25, 0.3) is 11.0 Å². The average Bonchev–Trinajstić information content (AvgIpc) is 3.28. The third-order valence-electron chi connectivity index (χ3n) is 6.70. The van der Waals surface area contributed by atoms with E-state index in [1.165, 1.54) is 7.11 Å². The summed E-state index contributed by atoms with van der Waals surface area (Å²) >= 11 is 0. The smallest absolute Gasteiger partial charge is 0.311 e. The summed E-state index contributed by atoms with van der Waals surface area (Å²) in [4.78, 5) is 29.8. The minimum Gasteiger partial charge on any atom is -0.469 e. The molecule has 0 bridgehead atoms. The molecule has 4 aromatic rings. The highest BCUT2D eigenvalue weighted by Gasteiger charge is 2.24. The van der Waals surface area contributed by atoms with Crippen molar-refractivity contribution >= 4 is 28.7 Å². The van der Waals surface area contributed by atoms with Gasteiger partial charge in [-0.15, -0.1) is 0 Å². The molecule has 2 N–H and O–H groups in total. The fraction of sp³-hybridized carbons (Fsp3) is 0.323. The number of hydrogen-bond donors (Lipinski definition) is 1. The number of ether oxygens (including phenoxy) is 3. The molecular weight excluding hydrogens is 494 g/mol. The fourth-order valence-corrected chi connectivity index (χ4v) is 4.65. The van der Waals surface area contributed by atoms with Crippen molar-refractivity contribution in [2.24, 2.45) is 5.92 Å². The molecular formula is C31H35N3O5. The molecule has 0 aliphatic carbocycles. The Balaban J connectivity index is 1.40. The molecule has 0 aliphatic heterocycles. The first kappa shape index (κ1) is 27.9. The molecule has 0 saturated carbocycles. The van der Waals surface area contributed by atoms with E-state index in [0.717, 1.165) is 28.8 Å². The monoisotopic (exact) mass is 529 g/mol. The van der Waals surface area contributed by atoms with Gasteiger partial charge in [0.15, 0.2) is 0 Å². The quantitative estimate of drug-likeness (QED) is 0.197. The summed E-state index contributed by atoms with van der Waals surface area (Å²) in [6.07, 6.45) is 1.68. The number of methoxy groups -OCH3 is 1. The molecule has 1 aromatic heterocycles. The van der Waals surface area contributed by atoms with Gasteiger partial charge in [0, 0.05) is 24.9 Å². The first-order chi connectivity index (χ1) is 19.0. The number of hydrogen-bond acceptors (Lipinski definition) is 7. The number of Topliss-reactive ketones (excluding diaryl/α,β-unsaturated/α-hetero) is 1. The predicted molar refractivity (Wildman–Crippen MR) is 150 cm³/mol. The largest absolute Gasteiger partial charge is 0.469 e. The van der Waals surface area contributed by atoms with E-state index >= 15 is 0 Å². The number of nitrogens with zero attached hydrogens (tertiary/aromatic N) is 2. The van der Waals surface area contributed by atoms with Gasteiger partial charge >= 0.3 is 5.97 Å². The Bertz CT molecular complexity index is 1370. The van der Waals surface area contributed by atoms with Gasteiger partial charge in [0.25, 0.3) is 0 Å². The maximum absolute atomic E-state index is 13.0. The first-order valence-electron chi connectivity index (χ1n) is 13.2. The Hall–Kier alpha value is -4.17. The van der Waals surface area contributed by atoms with E-state index in [9.17, 15) is 9.59 Å². The van der Waals surface area contributed by atoms with Crippen molar-refractivity contribution in [2.45, 2.75) is 45.3 Å². The van der Waals surface area contributed by atoms with E-state index < -0.39 is 11.9 Å². The molecule has 0 aliphatic rings. The third kappa shape index (κ3) is 7.45. The van der Waals surface area contributed by atoms with E-state index in [1.54, 1.807) is 0 Å².